The van der Waals surface area contributed by atoms with Crippen molar-refractivity contribution in [1.82, 2.24) is 20.2 Å². The number of likely N-dealkylation sites (N-methyl/N-ethyl adjacent to an activating group) is 1. The Morgan fingerprint density at radius 3 is 2.96 bits per heavy atom. The topological polar surface area (TPSA) is 73.4 Å². The van der Waals surface area contributed by atoms with Gasteiger partial charge in [-0.15, -0.1) is 0 Å². The number of anilines is 2. The smallest absolute Gasteiger partial charge is 0.242 e. The van der Waals surface area contributed by atoms with E-state index in [4.69, 9.17) is 0 Å². The molecule has 2 N–H and O–H groups in total. The molecule has 3 heterocycles. The molecule has 1 saturated heterocycles. The molecule has 0 aliphatic carbocycles. The lowest BCUT2D eigenvalue weighted by atomic mass is 10.1. The summed E-state index contributed by atoms with van der Waals surface area (Å²) in [5, 5.41) is 6.80. The van der Waals surface area contributed by atoms with Gasteiger partial charge in [0.15, 0.2) is 0 Å². The molecule has 24 heavy (non-hydrogen) atoms. The summed E-state index contributed by atoms with van der Waals surface area (Å²) in [5.74, 6) is 1.90. The van der Waals surface area contributed by atoms with Crippen molar-refractivity contribution >= 4 is 17.5 Å². The SMILES string of the molecule is CCCCCNc1ncnc2c1CN(C1CCNC1)C(=O)CN2C. The Kier molecular flexibility index (Phi) is 5.50. The average molecular weight is 332 g/mol. The molecular formula is C17H28N6O. The van der Waals surface area contributed by atoms with Gasteiger partial charge in [-0.2, -0.15) is 0 Å². The number of aromatic nitrogens is 2. The molecule has 7 nitrogen and oxygen atoms in total. The van der Waals surface area contributed by atoms with E-state index in [0.29, 0.717) is 13.1 Å². The number of nitrogens with one attached hydrogen (secondary N) is 2. The molecule has 1 aromatic heterocycles. The fraction of sp³-hybridized carbons (Fsp3) is 0.706. The first-order valence-electron chi connectivity index (χ1n) is 8.99. The van der Waals surface area contributed by atoms with E-state index in [1.807, 2.05) is 16.8 Å². The van der Waals surface area contributed by atoms with Crippen LogP contribution in [0.15, 0.2) is 6.33 Å². The molecule has 7 heteroatoms. The van der Waals surface area contributed by atoms with Gasteiger partial charge in [0.1, 0.15) is 18.0 Å². The first-order valence-corrected chi connectivity index (χ1v) is 8.99. The molecule has 0 radical (unpaired) electrons. The number of carbonyl (C=O) groups excluding carboxylic acids is 1. The van der Waals surface area contributed by atoms with Crippen molar-refractivity contribution in [3.8, 4) is 0 Å². The lowest BCUT2D eigenvalue weighted by Gasteiger charge is -2.27. The third kappa shape index (κ3) is 3.61. The van der Waals surface area contributed by atoms with Crippen molar-refractivity contribution in [3.05, 3.63) is 11.9 Å². The van der Waals surface area contributed by atoms with E-state index in [0.717, 1.165) is 49.7 Å². The van der Waals surface area contributed by atoms with Crippen LogP contribution in [0, 0.1) is 0 Å². The summed E-state index contributed by atoms with van der Waals surface area (Å²) in [6.07, 6.45) is 6.13. The van der Waals surface area contributed by atoms with Crippen LogP contribution in [-0.4, -0.2) is 60.0 Å². The van der Waals surface area contributed by atoms with E-state index in [9.17, 15) is 4.79 Å². The molecule has 0 aromatic carbocycles. The van der Waals surface area contributed by atoms with Gasteiger partial charge in [0.05, 0.1) is 18.7 Å². The Labute approximate surface area is 143 Å². The number of hydrogen-bond donors (Lipinski definition) is 2. The molecule has 0 spiro atoms. The van der Waals surface area contributed by atoms with Crippen LogP contribution >= 0.6 is 0 Å². The van der Waals surface area contributed by atoms with Gasteiger partial charge in [-0.1, -0.05) is 19.8 Å². The van der Waals surface area contributed by atoms with Gasteiger partial charge < -0.3 is 20.4 Å². The van der Waals surface area contributed by atoms with E-state index < -0.39 is 0 Å². The maximum atomic E-state index is 12.7. The van der Waals surface area contributed by atoms with E-state index >= 15 is 0 Å². The molecule has 1 unspecified atom stereocenters. The third-order valence-corrected chi connectivity index (χ3v) is 4.85. The Balaban J connectivity index is 1.83. The largest absolute Gasteiger partial charge is 0.370 e. The number of rotatable bonds is 6. The fourth-order valence-electron chi connectivity index (χ4n) is 3.48. The molecular weight excluding hydrogens is 304 g/mol. The highest BCUT2D eigenvalue weighted by atomic mass is 16.2. The van der Waals surface area contributed by atoms with Gasteiger partial charge in [0.25, 0.3) is 0 Å². The predicted molar refractivity (Wildman–Crippen MR) is 95.1 cm³/mol. The van der Waals surface area contributed by atoms with E-state index in [-0.39, 0.29) is 11.9 Å². The Hall–Kier alpha value is -1.89. The zero-order chi connectivity index (χ0) is 16.9. The minimum Gasteiger partial charge on any atom is -0.370 e. The maximum Gasteiger partial charge on any atom is 0.242 e. The number of hydrogen-bond acceptors (Lipinski definition) is 6. The lowest BCUT2D eigenvalue weighted by molar-refractivity contribution is -0.132. The van der Waals surface area contributed by atoms with E-state index in [1.165, 1.54) is 12.8 Å². The van der Waals surface area contributed by atoms with Crippen molar-refractivity contribution in [2.75, 3.05) is 43.4 Å². The highest BCUT2D eigenvalue weighted by Gasteiger charge is 2.32. The van der Waals surface area contributed by atoms with Gasteiger partial charge in [-0.05, 0) is 19.4 Å². The van der Waals surface area contributed by atoms with Crippen LogP contribution < -0.4 is 15.5 Å². The molecule has 1 aromatic rings. The van der Waals surface area contributed by atoms with Gasteiger partial charge in [0.2, 0.25) is 5.91 Å². The van der Waals surface area contributed by atoms with Gasteiger partial charge >= 0.3 is 0 Å². The highest BCUT2D eigenvalue weighted by molar-refractivity contribution is 5.84. The summed E-state index contributed by atoms with van der Waals surface area (Å²) in [5.41, 5.74) is 1.04. The van der Waals surface area contributed by atoms with Crippen molar-refractivity contribution in [2.24, 2.45) is 0 Å². The Morgan fingerprint density at radius 2 is 2.21 bits per heavy atom. The van der Waals surface area contributed by atoms with Crippen LogP contribution in [0.1, 0.15) is 38.2 Å². The van der Waals surface area contributed by atoms with Crippen molar-refractivity contribution < 1.29 is 4.79 Å². The van der Waals surface area contributed by atoms with Crippen LogP contribution in [0.25, 0.3) is 0 Å². The first kappa shape index (κ1) is 17.0. The quantitative estimate of drug-likeness (QED) is 0.763. The summed E-state index contributed by atoms with van der Waals surface area (Å²) in [4.78, 5) is 25.5. The number of amides is 1. The number of fused-ring (bicyclic) bond motifs is 1. The summed E-state index contributed by atoms with van der Waals surface area (Å²) in [7, 11) is 1.93. The summed E-state index contributed by atoms with van der Waals surface area (Å²) in [6.45, 7) is 5.91. The highest BCUT2D eigenvalue weighted by Crippen LogP contribution is 2.29. The number of carbonyl (C=O) groups is 1. The van der Waals surface area contributed by atoms with Crippen molar-refractivity contribution in [1.29, 1.82) is 0 Å². The van der Waals surface area contributed by atoms with E-state index in [2.05, 4.69) is 27.5 Å². The van der Waals surface area contributed by atoms with Crippen molar-refractivity contribution in [3.63, 3.8) is 0 Å². The monoisotopic (exact) mass is 332 g/mol. The number of nitrogens with zero attached hydrogens (tertiary/aromatic N) is 4. The fourth-order valence-corrected chi connectivity index (χ4v) is 3.48. The molecule has 1 amide bonds. The Bertz CT molecular complexity index is 572. The summed E-state index contributed by atoms with van der Waals surface area (Å²) < 4.78 is 0. The molecule has 0 saturated carbocycles. The molecule has 0 bridgehead atoms. The van der Waals surface area contributed by atoms with Crippen LogP contribution in [0.5, 0.6) is 0 Å². The minimum absolute atomic E-state index is 0.168. The normalized spacial score (nSPS) is 20.9. The van der Waals surface area contributed by atoms with Crippen LogP contribution in [0.3, 0.4) is 0 Å². The molecule has 132 valence electrons. The zero-order valence-corrected chi connectivity index (χ0v) is 14.7. The molecule has 2 aliphatic rings. The van der Waals surface area contributed by atoms with Crippen LogP contribution in [-0.2, 0) is 11.3 Å². The number of unbranched alkanes of at least 4 members (excludes halogenated alkanes) is 2. The lowest BCUT2D eigenvalue weighted by Crippen LogP contribution is -2.43. The standard InChI is InChI=1S/C17H28N6O/c1-3-4-5-7-19-16-14-10-23(13-6-8-18-9-13)15(24)11-22(2)17(14)21-12-20-16/h12-13,18H,3-11H2,1-2H3,(H,19,20,21). The second kappa shape index (κ2) is 7.79. The first-order chi connectivity index (χ1) is 11.7. The van der Waals surface area contributed by atoms with E-state index in [1.54, 1.807) is 6.33 Å². The molecule has 3 rings (SSSR count). The second-order valence-electron chi connectivity index (χ2n) is 6.68. The van der Waals surface area contributed by atoms with Crippen molar-refractivity contribution in [2.45, 2.75) is 45.2 Å². The molecule has 1 atom stereocenters. The third-order valence-electron chi connectivity index (χ3n) is 4.85. The predicted octanol–water partition coefficient (Wildman–Crippen LogP) is 1.22. The summed E-state index contributed by atoms with van der Waals surface area (Å²) in [6, 6.07) is 0.269. The van der Waals surface area contributed by atoms with Crippen LogP contribution in [0.4, 0.5) is 11.6 Å². The van der Waals surface area contributed by atoms with Gasteiger partial charge in [-0.25, -0.2) is 9.97 Å². The zero-order valence-electron chi connectivity index (χ0n) is 14.7. The minimum atomic E-state index is 0.168. The van der Waals surface area contributed by atoms with Gasteiger partial charge in [-0.3, -0.25) is 4.79 Å². The van der Waals surface area contributed by atoms with Crippen LogP contribution in [0.2, 0.25) is 0 Å². The summed E-state index contributed by atoms with van der Waals surface area (Å²) >= 11 is 0. The average Bonchev–Trinajstić information content (AvgIpc) is 3.07. The second-order valence-corrected chi connectivity index (χ2v) is 6.68. The maximum absolute atomic E-state index is 12.7. The molecule has 2 aliphatic heterocycles. The molecule has 1 fully saturated rings. The Morgan fingerprint density at radius 1 is 1.33 bits per heavy atom. The van der Waals surface area contributed by atoms with Gasteiger partial charge in [0, 0.05) is 26.2 Å².